The van der Waals surface area contributed by atoms with Crippen molar-refractivity contribution in [2.75, 3.05) is 0 Å². The quantitative estimate of drug-likeness (QED) is 0.161. The Balaban J connectivity index is 0.0000000963. The molecule has 0 spiro atoms. The standard InChI is InChI=1S/C28H17BrS.2C26H15BrS.C22H13BrS/c29-23-13-9-19(10-14-23)18-5-7-20(8-6-18)22-12-16-27-26(17-22)25-15-11-21-3-1-2-4-24(21)28(25)30-27;27-23-15-18(14-17-7-2-3-8-19(17)23)20-10-5-11-24-25(20)22-13-12-16-6-1-4-9-21(16)26(22)28-24;27-24-13-12-18(20-7-3-4-8-21(20)24)17-10-14-25-23(15-17)22-11-9-16-5-1-2-6-19(16)26(22)28-25;23-17-9-5-14(6-10-17)16-8-12-21-20(13-16)19-11-7-15-3-1-2-4-18(15)22(19)24-21/h1-17H;2*1-15H;1-13H. The summed E-state index contributed by atoms with van der Waals surface area (Å²) in [5.41, 5.74) is 12.6. The van der Waals surface area contributed by atoms with E-state index in [1.54, 1.807) is 0 Å². The van der Waals surface area contributed by atoms with Gasteiger partial charge >= 0.3 is 0 Å². The normalized spacial score (nSPS) is 11.6. The fourth-order valence-electron chi connectivity index (χ4n) is 15.9. The van der Waals surface area contributed by atoms with Crippen LogP contribution in [0.25, 0.3) is 201 Å². The molecule has 4 heterocycles. The summed E-state index contributed by atoms with van der Waals surface area (Å²) in [4.78, 5) is 0. The fourth-order valence-corrected chi connectivity index (χ4v) is 22.4. The smallest absolute Gasteiger partial charge is 0.0434 e. The van der Waals surface area contributed by atoms with Crippen LogP contribution < -0.4 is 0 Å². The molecule has 19 aromatic carbocycles. The van der Waals surface area contributed by atoms with E-state index in [-0.39, 0.29) is 0 Å². The van der Waals surface area contributed by atoms with Gasteiger partial charge in [0.2, 0.25) is 0 Å². The zero-order chi connectivity index (χ0) is 73.5. The Labute approximate surface area is 684 Å². The third kappa shape index (κ3) is 12.7. The van der Waals surface area contributed by atoms with E-state index >= 15 is 0 Å². The van der Waals surface area contributed by atoms with Crippen LogP contribution in [0.1, 0.15) is 0 Å². The predicted molar refractivity (Wildman–Crippen MR) is 500 cm³/mol. The van der Waals surface area contributed by atoms with Gasteiger partial charge in [0.15, 0.2) is 0 Å². The number of hydrogen-bond acceptors (Lipinski definition) is 4. The first-order valence-electron chi connectivity index (χ1n) is 36.5. The number of rotatable bonds is 5. The molecule has 520 valence electrons. The molecule has 0 nitrogen and oxygen atoms in total. The van der Waals surface area contributed by atoms with Crippen molar-refractivity contribution in [1.82, 2.24) is 0 Å². The average Bonchev–Trinajstić information content (AvgIpc) is 1.55. The number of halogens is 4. The lowest BCUT2D eigenvalue weighted by Gasteiger charge is -2.09. The van der Waals surface area contributed by atoms with E-state index < -0.39 is 0 Å². The Hall–Kier alpha value is -10.5. The third-order valence-corrected chi connectivity index (χ3v) is 28.6. The molecule has 0 bridgehead atoms. The van der Waals surface area contributed by atoms with Crippen molar-refractivity contribution in [1.29, 1.82) is 0 Å². The fraction of sp³-hybridized carbons (Fsp3) is 0. The van der Waals surface area contributed by atoms with Crippen molar-refractivity contribution >= 4 is 254 Å². The van der Waals surface area contributed by atoms with Gasteiger partial charge in [-0.15, -0.1) is 45.3 Å². The minimum Gasteiger partial charge on any atom is -0.135 e. The second kappa shape index (κ2) is 29.1. The van der Waals surface area contributed by atoms with E-state index in [9.17, 15) is 0 Å². The molecule has 110 heavy (non-hydrogen) atoms. The summed E-state index contributed by atoms with van der Waals surface area (Å²) in [6.45, 7) is 0. The van der Waals surface area contributed by atoms with Gasteiger partial charge in [0.25, 0.3) is 0 Å². The topological polar surface area (TPSA) is 0 Å². The molecule has 0 unspecified atom stereocenters. The lowest BCUT2D eigenvalue weighted by atomic mass is 9.96. The minimum absolute atomic E-state index is 1.10. The molecule has 0 fully saturated rings. The van der Waals surface area contributed by atoms with Crippen LogP contribution >= 0.6 is 109 Å². The maximum atomic E-state index is 3.78. The minimum atomic E-state index is 1.10. The highest BCUT2D eigenvalue weighted by atomic mass is 79.9. The zero-order valence-electron chi connectivity index (χ0n) is 58.8. The molecule has 0 N–H and O–H groups in total. The van der Waals surface area contributed by atoms with Crippen LogP contribution in [0.15, 0.2) is 382 Å². The maximum Gasteiger partial charge on any atom is 0.0434 e. The van der Waals surface area contributed by atoms with Gasteiger partial charge in [0.05, 0.1) is 0 Å². The zero-order valence-corrected chi connectivity index (χ0v) is 68.4. The van der Waals surface area contributed by atoms with E-state index in [2.05, 4.69) is 428 Å². The van der Waals surface area contributed by atoms with Gasteiger partial charge in [-0.05, 0) is 205 Å². The van der Waals surface area contributed by atoms with Crippen molar-refractivity contribution in [3.05, 3.63) is 382 Å². The molecule has 23 rings (SSSR count). The van der Waals surface area contributed by atoms with Crippen molar-refractivity contribution in [2.24, 2.45) is 0 Å². The molecular weight excluding hydrogens is 1670 g/mol. The van der Waals surface area contributed by atoms with E-state index in [0.717, 1.165) is 17.9 Å². The molecule has 8 heteroatoms. The van der Waals surface area contributed by atoms with Gasteiger partial charge < -0.3 is 0 Å². The summed E-state index contributed by atoms with van der Waals surface area (Å²) in [5, 5.41) is 26.4. The lowest BCUT2D eigenvalue weighted by molar-refractivity contribution is 1.58. The molecule has 0 amide bonds. The van der Waals surface area contributed by atoms with Crippen LogP contribution in [0.4, 0.5) is 0 Å². The second-order valence-electron chi connectivity index (χ2n) is 27.8. The molecule has 0 aliphatic rings. The summed E-state index contributed by atoms with van der Waals surface area (Å²) in [6.07, 6.45) is 0. The first kappa shape index (κ1) is 68.8. The van der Waals surface area contributed by atoms with Crippen molar-refractivity contribution < 1.29 is 0 Å². The number of thiophene rings is 4. The SMILES string of the molecule is Brc1cc(-c2cccc3sc4c5ccccc5ccc4c23)cc2ccccc12.Brc1ccc(-c2ccc(-c3ccc4sc5c6ccccc6ccc5c4c3)cc2)cc1.Brc1ccc(-c2ccc3sc4c5ccccc5ccc4c3c2)c2ccccc12.Brc1ccc(-c2ccc3sc4c5ccccc5ccc4c3c2)cc1. The Morgan fingerprint density at radius 3 is 0.991 bits per heavy atom. The maximum absolute atomic E-state index is 3.78. The van der Waals surface area contributed by atoms with Crippen LogP contribution in [0, 0.1) is 0 Å². The molecule has 0 aliphatic heterocycles. The van der Waals surface area contributed by atoms with E-state index in [0.29, 0.717) is 0 Å². The molecule has 0 saturated carbocycles. The van der Waals surface area contributed by atoms with Crippen LogP contribution in [-0.2, 0) is 0 Å². The Kier molecular flexibility index (Phi) is 18.2. The van der Waals surface area contributed by atoms with Crippen LogP contribution in [-0.4, -0.2) is 0 Å². The Morgan fingerprint density at radius 1 is 0.164 bits per heavy atom. The van der Waals surface area contributed by atoms with E-state index in [1.165, 1.54) is 201 Å². The first-order valence-corrected chi connectivity index (χ1v) is 42.9. The molecule has 4 aromatic heterocycles. The number of fused-ring (bicyclic) bond motifs is 22. The predicted octanol–water partition coefficient (Wildman–Crippen LogP) is 34.5. The first-order chi connectivity index (χ1) is 54.1. The molecule has 0 aliphatic carbocycles. The van der Waals surface area contributed by atoms with Gasteiger partial charge in [-0.25, -0.2) is 0 Å². The Morgan fingerprint density at radius 2 is 0.518 bits per heavy atom. The molecule has 23 aromatic rings. The summed E-state index contributed by atoms with van der Waals surface area (Å²) in [7, 11) is 0. The van der Waals surface area contributed by atoms with E-state index in [1.807, 2.05) is 45.3 Å². The van der Waals surface area contributed by atoms with Crippen molar-refractivity contribution in [3.63, 3.8) is 0 Å². The highest BCUT2D eigenvalue weighted by Gasteiger charge is 2.18. The second-order valence-corrected chi connectivity index (χ2v) is 35.5. The van der Waals surface area contributed by atoms with Crippen molar-refractivity contribution in [3.8, 4) is 55.6 Å². The highest BCUT2D eigenvalue weighted by molar-refractivity contribution is 9.11. The van der Waals surface area contributed by atoms with Crippen LogP contribution in [0.3, 0.4) is 0 Å². The van der Waals surface area contributed by atoms with Crippen molar-refractivity contribution in [2.45, 2.75) is 0 Å². The van der Waals surface area contributed by atoms with Crippen LogP contribution in [0.5, 0.6) is 0 Å². The summed E-state index contributed by atoms with van der Waals surface area (Å²) in [5.74, 6) is 0. The molecule has 0 radical (unpaired) electrons. The summed E-state index contributed by atoms with van der Waals surface area (Å²) >= 11 is 22.1. The van der Waals surface area contributed by atoms with Gasteiger partial charge in [-0.1, -0.05) is 343 Å². The molecular formula is C102H60Br4S4. The highest BCUT2D eigenvalue weighted by Crippen LogP contribution is 2.48. The summed E-state index contributed by atoms with van der Waals surface area (Å²) in [6, 6.07) is 132. The largest absolute Gasteiger partial charge is 0.135 e. The monoisotopic (exact) mass is 1730 g/mol. The number of hydrogen-bond donors (Lipinski definition) is 0. The van der Waals surface area contributed by atoms with E-state index in [4.69, 9.17) is 0 Å². The Bertz CT molecular complexity index is 7570. The lowest BCUT2D eigenvalue weighted by Crippen LogP contribution is -1.82. The van der Waals surface area contributed by atoms with Gasteiger partial charge in [0.1, 0.15) is 0 Å². The van der Waals surface area contributed by atoms with Gasteiger partial charge in [-0.3, -0.25) is 0 Å². The average molecular weight is 1730 g/mol. The third-order valence-electron chi connectivity index (χ3n) is 21.3. The molecule has 0 atom stereocenters. The van der Waals surface area contributed by atoms with Crippen LogP contribution in [0.2, 0.25) is 0 Å². The van der Waals surface area contributed by atoms with Gasteiger partial charge in [-0.2, -0.15) is 0 Å². The molecule has 0 saturated heterocycles. The van der Waals surface area contributed by atoms with Gasteiger partial charge in [0, 0.05) is 98.6 Å². The number of benzene rings is 19. The summed E-state index contributed by atoms with van der Waals surface area (Å²) < 4.78 is 15.4.